The number of halogens is 3. The zero-order valence-electron chi connectivity index (χ0n) is 20.3. The molecule has 8 heteroatoms. The highest BCUT2D eigenvalue weighted by Gasteiger charge is 2.42. The topological polar surface area (TPSA) is 54.5 Å². The molecule has 1 fully saturated rings. The molecule has 35 heavy (non-hydrogen) atoms. The maximum Gasteiger partial charge on any atom is 0.266 e. The molecule has 4 rings (SSSR count). The van der Waals surface area contributed by atoms with E-state index in [9.17, 15) is 18.0 Å². The van der Waals surface area contributed by atoms with Crippen LogP contribution in [0.1, 0.15) is 56.3 Å². The van der Waals surface area contributed by atoms with Crippen LogP contribution < -0.4 is 5.32 Å². The van der Waals surface area contributed by atoms with Crippen molar-refractivity contribution >= 4 is 22.5 Å². The Morgan fingerprint density at radius 1 is 1.14 bits per heavy atom. The summed E-state index contributed by atoms with van der Waals surface area (Å²) in [5.41, 5.74) is 1.26. The monoisotopic (exact) mass is 485 g/mol. The number of anilines is 1. The lowest BCUT2D eigenvalue weighted by atomic mass is 9.91. The number of hydrogen-bond donors (Lipinski definition) is 1. The fourth-order valence-electron chi connectivity index (χ4n) is 4.79. The van der Waals surface area contributed by atoms with Gasteiger partial charge in [-0.2, -0.15) is 0 Å². The first-order chi connectivity index (χ1) is 16.7. The molecule has 0 spiro atoms. The van der Waals surface area contributed by atoms with Crippen molar-refractivity contribution in [1.29, 1.82) is 0 Å². The van der Waals surface area contributed by atoms with Crippen molar-refractivity contribution in [2.24, 2.45) is 5.92 Å². The van der Waals surface area contributed by atoms with E-state index < -0.39 is 29.4 Å². The third-order valence-electron chi connectivity index (χ3n) is 6.83. The Bertz CT molecular complexity index is 1230. The van der Waals surface area contributed by atoms with Crippen LogP contribution in [0, 0.1) is 11.7 Å². The molecule has 0 saturated carbocycles. The van der Waals surface area contributed by atoms with Crippen molar-refractivity contribution in [3.05, 3.63) is 71.2 Å². The number of carbonyl (C=O) groups excluding carboxylic acids is 1. The smallest absolute Gasteiger partial charge is 0.266 e. The highest BCUT2D eigenvalue weighted by atomic mass is 19.3. The number of ether oxygens (including phenoxy) is 1. The van der Waals surface area contributed by atoms with Gasteiger partial charge in [-0.1, -0.05) is 38.1 Å². The van der Waals surface area contributed by atoms with Gasteiger partial charge in [-0.15, -0.1) is 0 Å². The number of amides is 1. The number of nitrogens with one attached hydrogen (secondary N) is 1. The maximum absolute atomic E-state index is 14.7. The third kappa shape index (κ3) is 4.72. The van der Waals surface area contributed by atoms with E-state index in [1.54, 1.807) is 26.3 Å². The normalized spacial score (nSPS) is 19.1. The molecule has 0 radical (unpaired) electrons. The minimum Gasteiger partial charge on any atom is -0.378 e. The predicted octanol–water partition coefficient (Wildman–Crippen LogP) is 6.21. The lowest BCUT2D eigenvalue weighted by molar-refractivity contribution is -0.134. The summed E-state index contributed by atoms with van der Waals surface area (Å²) in [6, 6.07) is 11.1. The molecule has 2 aromatic carbocycles. The van der Waals surface area contributed by atoms with E-state index in [0.717, 1.165) is 22.5 Å². The molecule has 2 atom stereocenters. The van der Waals surface area contributed by atoms with Gasteiger partial charge in [-0.25, -0.2) is 13.2 Å². The van der Waals surface area contributed by atoms with Crippen molar-refractivity contribution < 1.29 is 22.7 Å². The lowest BCUT2D eigenvalue weighted by Crippen LogP contribution is -2.37. The van der Waals surface area contributed by atoms with E-state index in [-0.39, 0.29) is 17.4 Å². The van der Waals surface area contributed by atoms with Crippen LogP contribution in [-0.4, -0.2) is 36.0 Å². The fraction of sp³-hybridized carbons (Fsp3) is 0.407. The van der Waals surface area contributed by atoms with Crippen molar-refractivity contribution in [3.8, 4) is 0 Å². The molecule has 186 valence electrons. The molecule has 1 aliphatic rings. The van der Waals surface area contributed by atoms with Crippen molar-refractivity contribution in [1.82, 2.24) is 9.88 Å². The van der Waals surface area contributed by atoms with Gasteiger partial charge in [-0.05, 0) is 37.1 Å². The number of nitrogens with zero attached hydrogens (tertiary/aromatic N) is 2. The van der Waals surface area contributed by atoms with Crippen LogP contribution in [0.25, 0.3) is 10.9 Å². The Morgan fingerprint density at radius 3 is 2.57 bits per heavy atom. The number of carbonyl (C=O) groups is 1. The summed E-state index contributed by atoms with van der Waals surface area (Å²) in [5, 5.41) is 4.07. The second-order valence-corrected chi connectivity index (χ2v) is 9.37. The van der Waals surface area contributed by atoms with E-state index in [1.807, 2.05) is 36.9 Å². The van der Waals surface area contributed by atoms with Gasteiger partial charge in [0.15, 0.2) is 0 Å². The van der Waals surface area contributed by atoms with Crippen molar-refractivity contribution in [2.75, 3.05) is 25.5 Å². The molecule has 0 bridgehead atoms. The Morgan fingerprint density at radius 2 is 1.89 bits per heavy atom. The molecule has 0 aliphatic carbocycles. The number of alkyl halides is 2. The van der Waals surface area contributed by atoms with Gasteiger partial charge in [0.1, 0.15) is 11.4 Å². The minimum atomic E-state index is -2.88. The zero-order valence-corrected chi connectivity index (χ0v) is 20.3. The maximum atomic E-state index is 14.7. The standard InChI is InChI=1S/C27H30F3N3O2/c1-16(2)26(34)33-13-11-27(15-33,35-4)18-8-9-22-21(14-18)23(10-12-31-22)32-17(3)19-6-5-7-20(24(19)28)25(29)30/h5-10,12,14,16-17,25H,11,13,15H2,1-4H3,(H,31,32)/t17-,27-/m1/s1. The van der Waals surface area contributed by atoms with Crippen LogP contribution >= 0.6 is 0 Å². The Hall–Kier alpha value is -3.13. The summed E-state index contributed by atoms with van der Waals surface area (Å²) in [5.74, 6) is -0.902. The van der Waals surface area contributed by atoms with Crippen LogP contribution in [0.4, 0.5) is 18.9 Å². The molecular formula is C27H30F3N3O2. The average Bonchev–Trinajstić information content (AvgIpc) is 3.29. The van der Waals surface area contributed by atoms with E-state index in [0.29, 0.717) is 25.2 Å². The average molecular weight is 486 g/mol. The van der Waals surface area contributed by atoms with E-state index in [4.69, 9.17) is 4.74 Å². The highest BCUT2D eigenvalue weighted by Crippen LogP contribution is 2.38. The largest absolute Gasteiger partial charge is 0.378 e. The molecule has 1 N–H and O–H groups in total. The Kier molecular flexibility index (Phi) is 7.03. The molecule has 1 aliphatic heterocycles. The number of rotatable bonds is 7. The lowest BCUT2D eigenvalue weighted by Gasteiger charge is -2.29. The molecule has 1 amide bonds. The van der Waals surface area contributed by atoms with Gasteiger partial charge in [0.2, 0.25) is 5.91 Å². The van der Waals surface area contributed by atoms with E-state index in [1.165, 1.54) is 12.1 Å². The summed E-state index contributed by atoms with van der Waals surface area (Å²) < 4.78 is 47.1. The van der Waals surface area contributed by atoms with Gasteiger partial charge in [0.05, 0.1) is 23.7 Å². The quantitative estimate of drug-likeness (QED) is 0.432. The highest BCUT2D eigenvalue weighted by molar-refractivity contribution is 5.92. The number of pyridine rings is 1. The van der Waals surface area contributed by atoms with Crippen molar-refractivity contribution in [2.45, 2.75) is 45.3 Å². The number of benzene rings is 2. The van der Waals surface area contributed by atoms with Crippen molar-refractivity contribution in [3.63, 3.8) is 0 Å². The first kappa shape index (κ1) is 25.0. The fourth-order valence-corrected chi connectivity index (χ4v) is 4.79. The summed E-state index contributed by atoms with van der Waals surface area (Å²) >= 11 is 0. The SMILES string of the molecule is CO[C@]1(c2ccc3nccc(N[C@H](C)c4cccc(C(F)F)c4F)c3c2)CCN(C(=O)C(C)C)C1. The van der Waals surface area contributed by atoms with Gasteiger partial charge >= 0.3 is 0 Å². The number of methoxy groups -OCH3 is 1. The first-order valence-corrected chi connectivity index (χ1v) is 11.7. The van der Waals surface area contributed by atoms with Crippen LogP contribution in [0.5, 0.6) is 0 Å². The van der Waals surface area contributed by atoms with E-state index in [2.05, 4.69) is 10.3 Å². The minimum absolute atomic E-state index is 0.0929. The zero-order chi connectivity index (χ0) is 25.3. The van der Waals surface area contributed by atoms with Crippen LogP contribution in [0.3, 0.4) is 0 Å². The third-order valence-corrected chi connectivity index (χ3v) is 6.83. The molecular weight excluding hydrogens is 455 g/mol. The van der Waals surface area contributed by atoms with Crippen LogP contribution in [0.15, 0.2) is 48.7 Å². The second-order valence-electron chi connectivity index (χ2n) is 9.37. The number of hydrogen-bond acceptors (Lipinski definition) is 4. The number of fused-ring (bicyclic) bond motifs is 1. The van der Waals surface area contributed by atoms with Crippen LogP contribution in [-0.2, 0) is 15.1 Å². The van der Waals surface area contributed by atoms with Gasteiger partial charge in [-0.3, -0.25) is 9.78 Å². The van der Waals surface area contributed by atoms with E-state index >= 15 is 0 Å². The summed E-state index contributed by atoms with van der Waals surface area (Å²) in [4.78, 5) is 18.8. The summed E-state index contributed by atoms with van der Waals surface area (Å²) in [6.45, 7) is 6.56. The Balaban J connectivity index is 1.68. The second kappa shape index (κ2) is 9.85. The first-order valence-electron chi connectivity index (χ1n) is 11.7. The van der Waals surface area contributed by atoms with Gasteiger partial charge in [0.25, 0.3) is 6.43 Å². The Labute approximate surface area is 203 Å². The van der Waals surface area contributed by atoms with Gasteiger partial charge in [0, 0.05) is 42.4 Å². The molecule has 1 aromatic heterocycles. The summed E-state index contributed by atoms with van der Waals surface area (Å²) in [7, 11) is 1.65. The molecule has 1 saturated heterocycles. The van der Waals surface area contributed by atoms with Crippen LogP contribution in [0.2, 0.25) is 0 Å². The predicted molar refractivity (Wildman–Crippen MR) is 130 cm³/mol. The number of aromatic nitrogens is 1. The number of likely N-dealkylation sites (tertiary alicyclic amines) is 1. The molecule has 2 heterocycles. The van der Waals surface area contributed by atoms with Gasteiger partial charge < -0.3 is 15.0 Å². The molecule has 3 aromatic rings. The molecule has 5 nitrogen and oxygen atoms in total. The molecule has 0 unspecified atom stereocenters. The summed E-state index contributed by atoms with van der Waals surface area (Å²) in [6.07, 6.45) is -0.572.